The van der Waals surface area contributed by atoms with Gasteiger partial charge in [-0.1, -0.05) is 51.1 Å². The van der Waals surface area contributed by atoms with Crippen molar-refractivity contribution in [2.75, 3.05) is 5.32 Å². The second-order valence-corrected chi connectivity index (χ2v) is 9.83. The number of hydrogen-bond donors (Lipinski definition) is 2. The number of hydrogen-bond acceptors (Lipinski definition) is 5. The van der Waals surface area contributed by atoms with E-state index in [4.69, 9.17) is 5.73 Å². The first-order chi connectivity index (χ1) is 13.1. The molecule has 0 aliphatic rings. The van der Waals surface area contributed by atoms with Gasteiger partial charge in [0, 0.05) is 15.9 Å². The van der Waals surface area contributed by atoms with Crippen LogP contribution in [0.2, 0.25) is 0 Å². The lowest BCUT2D eigenvalue weighted by atomic mass is 9.98. The van der Waals surface area contributed by atoms with Crippen molar-refractivity contribution in [3.8, 4) is 11.1 Å². The molecule has 28 heavy (non-hydrogen) atoms. The minimum absolute atomic E-state index is 0.133. The minimum Gasteiger partial charge on any atom is -0.365 e. The zero-order valence-electron chi connectivity index (χ0n) is 16.5. The Labute approximate surface area is 172 Å². The number of nitrogens with two attached hydrogens (primary N) is 1. The number of primary amides is 1. The molecule has 146 valence electrons. The number of benzene rings is 1. The van der Waals surface area contributed by atoms with Crippen molar-refractivity contribution in [1.82, 2.24) is 4.98 Å². The molecular formula is C21H23N3O2S2. The van der Waals surface area contributed by atoms with Crippen LogP contribution in [0.15, 0.2) is 30.3 Å². The van der Waals surface area contributed by atoms with Gasteiger partial charge in [-0.25, -0.2) is 4.98 Å². The molecule has 2 amide bonds. The van der Waals surface area contributed by atoms with Crippen molar-refractivity contribution in [2.24, 2.45) is 5.73 Å². The molecule has 3 N–H and O–H groups in total. The summed E-state index contributed by atoms with van der Waals surface area (Å²) >= 11 is 2.74. The highest BCUT2D eigenvalue weighted by Gasteiger charge is 2.26. The zero-order chi connectivity index (χ0) is 20.6. The van der Waals surface area contributed by atoms with Crippen molar-refractivity contribution >= 4 is 39.5 Å². The van der Waals surface area contributed by atoms with E-state index in [0.717, 1.165) is 21.0 Å². The molecule has 0 atom stereocenters. The van der Waals surface area contributed by atoms with Gasteiger partial charge in [-0.15, -0.1) is 22.7 Å². The molecule has 2 aromatic heterocycles. The third-order valence-electron chi connectivity index (χ3n) is 4.26. The molecule has 0 spiro atoms. The number of thiazole rings is 1. The number of nitrogens with zero attached hydrogens (tertiary/aromatic N) is 1. The van der Waals surface area contributed by atoms with E-state index in [1.54, 1.807) is 0 Å². The Bertz CT molecular complexity index is 1040. The van der Waals surface area contributed by atoms with Crippen LogP contribution in [0.3, 0.4) is 0 Å². The Balaban J connectivity index is 2.01. The smallest absolute Gasteiger partial charge is 0.268 e. The number of aromatic nitrogens is 1. The van der Waals surface area contributed by atoms with E-state index in [9.17, 15) is 9.59 Å². The molecule has 0 saturated carbocycles. The predicted molar refractivity (Wildman–Crippen MR) is 117 cm³/mol. The highest BCUT2D eigenvalue weighted by atomic mass is 32.1. The number of anilines is 1. The first-order valence-corrected chi connectivity index (χ1v) is 10.5. The van der Waals surface area contributed by atoms with Crippen molar-refractivity contribution in [3.63, 3.8) is 0 Å². The molecular weight excluding hydrogens is 390 g/mol. The third-order valence-corrected chi connectivity index (χ3v) is 6.87. The fraction of sp³-hybridized carbons (Fsp3) is 0.286. The lowest BCUT2D eigenvalue weighted by Crippen LogP contribution is -2.17. The molecule has 7 heteroatoms. The van der Waals surface area contributed by atoms with Gasteiger partial charge < -0.3 is 11.1 Å². The van der Waals surface area contributed by atoms with Crippen LogP contribution in [-0.2, 0) is 5.41 Å². The number of nitrogens with one attached hydrogen (secondary N) is 1. The standard InChI is InChI=1S/C21H23N3O2S2/c1-11-16(28-20(23-11)21(3,4)5)18(26)24-19-15(17(22)25)14(12(2)27-19)13-9-7-6-8-10-13/h6-10H,1-5H3,(H2,22,25)(H,24,26). The van der Waals surface area contributed by atoms with Crippen LogP contribution >= 0.6 is 22.7 Å². The van der Waals surface area contributed by atoms with E-state index in [0.29, 0.717) is 21.1 Å². The summed E-state index contributed by atoms with van der Waals surface area (Å²) in [7, 11) is 0. The second-order valence-electron chi connectivity index (χ2n) is 7.61. The Morgan fingerprint density at radius 3 is 2.25 bits per heavy atom. The van der Waals surface area contributed by atoms with Crippen LogP contribution in [0.4, 0.5) is 5.00 Å². The molecule has 3 aromatic rings. The molecule has 0 saturated heterocycles. The minimum atomic E-state index is -0.560. The number of amides is 2. The third kappa shape index (κ3) is 3.86. The van der Waals surface area contributed by atoms with Crippen LogP contribution in [-0.4, -0.2) is 16.8 Å². The highest BCUT2D eigenvalue weighted by molar-refractivity contribution is 7.17. The van der Waals surface area contributed by atoms with Crippen LogP contribution in [0.25, 0.3) is 11.1 Å². The Hall–Kier alpha value is -2.51. The molecule has 1 aromatic carbocycles. The molecule has 0 bridgehead atoms. The average molecular weight is 414 g/mol. The molecule has 0 aliphatic heterocycles. The van der Waals surface area contributed by atoms with Gasteiger partial charge in [0.2, 0.25) is 0 Å². The maximum Gasteiger partial charge on any atom is 0.268 e. The zero-order valence-corrected chi connectivity index (χ0v) is 18.2. The average Bonchev–Trinajstić information content (AvgIpc) is 3.15. The molecule has 2 heterocycles. The van der Waals surface area contributed by atoms with E-state index in [-0.39, 0.29) is 11.3 Å². The van der Waals surface area contributed by atoms with Gasteiger partial charge in [-0.3, -0.25) is 9.59 Å². The van der Waals surface area contributed by atoms with Crippen molar-refractivity contribution < 1.29 is 9.59 Å². The quantitative estimate of drug-likeness (QED) is 0.621. The van der Waals surface area contributed by atoms with Gasteiger partial charge in [0.05, 0.1) is 16.3 Å². The van der Waals surface area contributed by atoms with E-state index >= 15 is 0 Å². The Kier molecular flexibility index (Phi) is 5.41. The number of rotatable bonds is 4. The lowest BCUT2D eigenvalue weighted by molar-refractivity contribution is 0.100. The number of carbonyl (C=O) groups excluding carboxylic acids is 2. The summed E-state index contributed by atoms with van der Waals surface area (Å²) in [5.41, 5.74) is 8.24. The lowest BCUT2D eigenvalue weighted by Gasteiger charge is -2.13. The molecule has 0 aliphatic carbocycles. The van der Waals surface area contributed by atoms with Gasteiger partial charge in [0.1, 0.15) is 9.88 Å². The van der Waals surface area contributed by atoms with E-state index < -0.39 is 5.91 Å². The fourth-order valence-electron chi connectivity index (χ4n) is 2.91. The topological polar surface area (TPSA) is 85.1 Å². The number of aryl methyl sites for hydroxylation is 2. The van der Waals surface area contributed by atoms with Crippen LogP contribution < -0.4 is 11.1 Å². The van der Waals surface area contributed by atoms with Crippen LogP contribution in [0.1, 0.15) is 56.4 Å². The summed E-state index contributed by atoms with van der Waals surface area (Å²) in [6, 6.07) is 9.58. The van der Waals surface area contributed by atoms with Crippen molar-refractivity contribution in [2.45, 2.75) is 40.0 Å². The summed E-state index contributed by atoms with van der Waals surface area (Å²) in [5, 5.41) is 4.27. The summed E-state index contributed by atoms with van der Waals surface area (Å²) < 4.78 is 0. The van der Waals surface area contributed by atoms with Gasteiger partial charge in [0.15, 0.2) is 0 Å². The second kappa shape index (κ2) is 7.48. The highest BCUT2D eigenvalue weighted by Crippen LogP contribution is 2.40. The van der Waals surface area contributed by atoms with Crippen LogP contribution in [0, 0.1) is 13.8 Å². The Morgan fingerprint density at radius 1 is 1.07 bits per heavy atom. The summed E-state index contributed by atoms with van der Waals surface area (Å²) in [6.07, 6.45) is 0. The van der Waals surface area contributed by atoms with Gasteiger partial charge >= 0.3 is 0 Å². The maximum atomic E-state index is 12.9. The molecule has 0 radical (unpaired) electrons. The van der Waals surface area contributed by atoms with E-state index in [1.165, 1.54) is 22.7 Å². The first kappa shape index (κ1) is 20.2. The van der Waals surface area contributed by atoms with Crippen molar-refractivity contribution in [1.29, 1.82) is 0 Å². The number of thiophene rings is 1. The first-order valence-electron chi connectivity index (χ1n) is 8.87. The normalized spacial score (nSPS) is 11.5. The maximum absolute atomic E-state index is 12.9. The van der Waals surface area contributed by atoms with Crippen molar-refractivity contribution in [3.05, 3.63) is 56.4 Å². The SMILES string of the molecule is Cc1nc(C(C)(C)C)sc1C(=O)Nc1sc(C)c(-c2ccccc2)c1C(N)=O. The predicted octanol–water partition coefficient (Wildman–Crippen LogP) is 5.14. The Morgan fingerprint density at radius 2 is 1.71 bits per heavy atom. The van der Waals surface area contributed by atoms with E-state index in [1.807, 2.05) is 44.2 Å². The van der Waals surface area contributed by atoms with Crippen LogP contribution in [0.5, 0.6) is 0 Å². The summed E-state index contributed by atoms with van der Waals surface area (Å²) in [6.45, 7) is 9.93. The largest absolute Gasteiger partial charge is 0.365 e. The van der Waals surface area contributed by atoms with Gasteiger partial charge in [-0.2, -0.15) is 0 Å². The molecule has 0 fully saturated rings. The van der Waals surface area contributed by atoms with E-state index in [2.05, 4.69) is 31.1 Å². The number of carbonyl (C=O) groups is 2. The molecule has 0 unspecified atom stereocenters. The fourth-order valence-corrected chi connectivity index (χ4v) is 5.00. The van der Waals surface area contributed by atoms with Gasteiger partial charge in [-0.05, 0) is 19.4 Å². The monoisotopic (exact) mass is 413 g/mol. The summed E-state index contributed by atoms with van der Waals surface area (Å²) in [4.78, 5) is 31.2. The molecule has 3 rings (SSSR count). The molecule has 5 nitrogen and oxygen atoms in total. The summed E-state index contributed by atoms with van der Waals surface area (Å²) in [5.74, 6) is -0.830. The van der Waals surface area contributed by atoms with Gasteiger partial charge in [0.25, 0.3) is 11.8 Å².